The molecule has 0 fully saturated rings. The fourth-order valence-electron chi connectivity index (χ4n) is 4.71. The molecule has 0 spiro atoms. The van der Waals surface area contributed by atoms with Crippen LogP contribution in [0, 0.1) is 12.1 Å². The molecule has 0 saturated heterocycles. The molecule has 1 aliphatic heterocycles. The van der Waals surface area contributed by atoms with E-state index in [9.17, 15) is 0 Å². The molecule has 1 aliphatic rings. The van der Waals surface area contributed by atoms with Gasteiger partial charge < -0.3 is 14.1 Å². The van der Waals surface area contributed by atoms with Crippen LogP contribution in [-0.4, -0.2) is 24.1 Å². The molecule has 174 valence electrons. The number of pyridine rings is 2. The number of imidazole rings is 1. The third-order valence-electron chi connectivity index (χ3n) is 6.38. The summed E-state index contributed by atoms with van der Waals surface area (Å²) >= 11 is 0. The Hall–Kier alpha value is -3.50. The monoisotopic (exact) mass is 638 g/mol. The third-order valence-corrected chi connectivity index (χ3v) is 6.38. The third kappa shape index (κ3) is 3.55. The van der Waals surface area contributed by atoms with Crippen LogP contribution < -0.4 is 4.74 Å². The van der Waals surface area contributed by atoms with E-state index in [1.807, 2.05) is 35.1 Å². The van der Waals surface area contributed by atoms with E-state index in [0.29, 0.717) is 11.5 Å². The van der Waals surface area contributed by atoms with Gasteiger partial charge in [0.05, 0.1) is 17.1 Å². The van der Waals surface area contributed by atoms with Crippen LogP contribution in [0.2, 0.25) is 0 Å². The van der Waals surface area contributed by atoms with Crippen molar-refractivity contribution < 1.29 is 25.8 Å². The molecule has 8 bridgehead atoms. The second kappa shape index (κ2) is 8.31. The molecule has 0 N–H and O–H groups in total. The Labute approximate surface area is 216 Å². The van der Waals surface area contributed by atoms with E-state index in [-0.39, 0.29) is 27.0 Å². The number of ether oxygens (including phenoxy) is 1. The Bertz CT molecular complexity index is 1730. The van der Waals surface area contributed by atoms with Gasteiger partial charge in [0.25, 0.3) is 0 Å². The van der Waals surface area contributed by atoms with Gasteiger partial charge in [-0.25, -0.2) is 0 Å². The molecule has 0 amide bonds. The number of aromatic nitrogens is 5. The maximum absolute atomic E-state index is 6.38. The van der Waals surface area contributed by atoms with Crippen molar-refractivity contribution in [3.63, 3.8) is 0 Å². The Kier molecular flexibility index (Phi) is 5.22. The summed E-state index contributed by atoms with van der Waals surface area (Å²) in [6, 6.07) is 23.1. The number of benzene rings is 2. The van der Waals surface area contributed by atoms with E-state index in [4.69, 9.17) is 19.8 Å². The van der Waals surface area contributed by atoms with Crippen LogP contribution in [0.3, 0.4) is 0 Å². The number of nitrogens with zero attached hydrogens (tertiary/aromatic N) is 5. The first-order valence-corrected chi connectivity index (χ1v) is 11.5. The van der Waals surface area contributed by atoms with E-state index in [0.717, 1.165) is 63.1 Å². The standard InChI is InChI=1S/C28H21N5O.Pt/c1-17(2)26-25-15-23-27(30-26)22-8-3-4-9-24(22)32-16-19(29-28(23)32)11-10-18-12-13-33(31-18)20-6-5-7-21(14-20)34-25;/h3-9,12-13,16-17H,10-11H2,1-2H3;/q-2;+2. The molecule has 7 rings (SSSR count). The fourth-order valence-corrected chi connectivity index (χ4v) is 4.71. The van der Waals surface area contributed by atoms with Crippen LogP contribution in [0.15, 0.2) is 60.9 Å². The summed E-state index contributed by atoms with van der Waals surface area (Å²) in [6.45, 7) is 4.24. The van der Waals surface area contributed by atoms with Crippen LogP contribution >= 0.6 is 0 Å². The van der Waals surface area contributed by atoms with E-state index in [1.54, 1.807) is 0 Å². The zero-order chi connectivity index (χ0) is 22.8. The van der Waals surface area contributed by atoms with Crippen molar-refractivity contribution in [2.24, 2.45) is 0 Å². The summed E-state index contributed by atoms with van der Waals surface area (Å²) in [4.78, 5) is 10.2. The Balaban J connectivity index is 0.00000229. The van der Waals surface area contributed by atoms with Gasteiger partial charge in [0.1, 0.15) is 0 Å². The smallest absolute Gasteiger partial charge is 0.501 e. The van der Waals surface area contributed by atoms with Crippen molar-refractivity contribution in [1.82, 2.24) is 24.1 Å². The quantitative estimate of drug-likeness (QED) is 0.168. The molecular weight excluding hydrogens is 617 g/mol. The fraction of sp³-hybridized carbons (Fsp3) is 0.179. The van der Waals surface area contributed by atoms with Crippen molar-refractivity contribution in [2.75, 3.05) is 0 Å². The van der Waals surface area contributed by atoms with Gasteiger partial charge in [0, 0.05) is 35.0 Å². The van der Waals surface area contributed by atoms with Gasteiger partial charge >= 0.3 is 21.1 Å². The number of rotatable bonds is 1. The number of hydrogen-bond acceptors (Lipinski definition) is 4. The Morgan fingerprint density at radius 1 is 0.943 bits per heavy atom. The van der Waals surface area contributed by atoms with Crippen LogP contribution in [0.1, 0.15) is 36.8 Å². The van der Waals surface area contributed by atoms with Crippen LogP contribution in [0.5, 0.6) is 11.5 Å². The number of fused-ring (bicyclic) bond motifs is 10. The average molecular weight is 639 g/mol. The summed E-state index contributed by atoms with van der Waals surface area (Å²) in [5.41, 5.74) is 6.54. The molecule has 4 aromatic heterocycles. The Morgan fingerprint density at radius 3 is 2.69 bits per heavy atom. The molecule has 0 saturated carbocycles. The molecule has 5 heterocycles. The molecule has 6 nitrogen and oxygen atoms in total. The first kappa shape index (κ1) is 22.0. The molecule has 0 radical (unpaired) electrons. The molecule has 0 atom stereocenters. The van der Waals surface area contributed by atoms with Crippen molar-refractivity contribution in [3.8, 4) is 17.2 Å². The summed E-state index contributed by atoms with van der Waals surface area (Å²) in [5, 5.41) is 6.69. The zero-order valence-corrected chi connectivity index (χ0v) is 21.5. The van der Waals surface area contributed by atoms with Gasteiger partial charge in [-0.15, -0.1) is 18.2 Å². The summed E-state index contributed by atoms with van der Waals surface area (Å²) < 4.78 is 10.4. The van der Waals surface area contributed by atoms with Crippen molar-refractivity contribution in [3.05, 3.63) is 90.1 Å². The topological polar surface area (TPSA) is 57.2 Å². The van der Waals surface area contributed by atoms with Gasteiger partial charge in [0.15, 0.2) is 0 Å². The van der Waals surface area contributed by atoms with E-state index >= 15 is 0 Å². The summed E-state index contributed by atoms with van der Waals surface area (Å²) in [5.74, 6) is 1.36. The first-order chi connectivity index (χ1) is 16.6. The molecule has 2 aromatic carbocycles. The minimum Gasteiger partial charge on any atom is -0.501 e. The van der Waals surface area contributed by atoms with Gasteiger partial charge in [-0.3, -0.25) is 9.67 Å². The number of para-hydroxylation sites is 1. The van der Waals surface area contributed by atoms with E-state index < -0.39 is 0 Å². The summed E-state index contributed by atoms with van der Waals surface area (Å²) in [7, 11) is 0. The van der Waals surface area contributed by atoms with Gasteiger partial charge in [-0.2, -0.15) is 11.2 Å². The molecule has 0 aliphatic carbocycles. The molecule has 35 heavy (non-hydrogen) atoms. The molecule has 7 heteroatoms. The van der Waals surface area contributed by atoms with Crippen molar-refractivity contribution in [1.29, 1.82) is 0 Å². The minimum atomic E-state index is 0. The number of aryl methyl sites for hydroxylation is 2. The minimum absolute atomic E-state index is 0. The van der Waals surface area contributed by atoms with Crippen molar-refractivity contribution in [2.45, 2.75) is 32.6 Å². The van der Waals surface area contributed by atoms with Crippen molar-refractivity contribution >= 4 is 27.5 Å². The summed E-state index contributed by atoms with van der Waals surface area (Å²) in [6.07, 6.45) is 5.68. The maximum Gasteiger partial charge on any atom is 2.00 e. The van der Waals surface area contributed by atoms with E-state index in [1.165, 1.54) is 0 Å². The SMILES string of the molecule is CC(C)c1nc2c3[c-]c1Oc1[c-]c(ccc1)-n1ccc(n1)CCc1cn(c4ccccc24)c3n1.[Pt+2]. The van der Waals surface area contributed by atoms with Gasteiger partial charge in [0.2, 0.25) is 0 Å². The molecule has 6 aromatic rings. The predicted molar refractivity (Wildman–Crippen MR) is 131 cm³/mol. The predicted octanol–water partition coefficient (Wildman–Crippen LogP) is 5.83. The first-order valence-electron chi connectivity index (χ1n) is 11.5. The zero-order valence-electron chi connectivity index (χ0n) is 19.2. The molecular formula is C28H21N5OPt. The van der Waals surface area contributed by atoms with Gasteiger partial charge in [-0.1, -0.05) is 43.5 Å². The Morgan fingerprint density at radius 2 is 1.80 bits per heavy atom. The average Bonchev–Trinajstić information content (AvgIpc) is 3.50. The molecule has 0 unspecified atom stereocenters. The van der Waals surface area contributed by atoms with Crippen LogP contribution in [-0.2, 0) is 33.9 Å². The second-order valence-electron chi connectivity index (χ2n) is 9.03. The van der Waals surface area contributed by atoms with Crippen LogP contribution in [0.4, 0.5) is 0 Å². The maximum atomic E-state index is 6.38. The largest absolute Gasteiger partial charge is 2.00 e. The van der Waals surface area contributed by atoms with E-state index in [2.05, 4.69) is 60.8 Å². The number of hydrogen-bond donors (Lipinski definition) is 0. The second-order valence-corrected chi connectivity index (χ2v) is 9.03. The van der Waals surface area contributed by atoms with Gasteiger partial charge in [-0.05, 0) is 47.5 Å². The van der Waals surface area contributed by atoms with Crippen LogP contribution in [0.25, 0.3) is 33.1 Å². The normalized spacial score (nSPS) is 12.9.